The van der Waals surface area contributed by atoms with Crippen molar-refractivity contribution in [3.8, 4) is 11.6 Å². The predicted octanol–water partition coefficient (Wildman–Crippen LogP) is 9.76. The molecule has 3 aromatic heterocycles. The minimum Gasteiger partial charge on any atom is -0.497 e. The van der Waals surface area contributed by atoms with Crippen LogP contribution in [0.1, 0.15) is 169 Å². The summed E-state index contributed by atoms with van der Waals surface area (Å²) in [6, 6.07) is 15.4. The van der Waals surface area contributed by atoms with Crippen molar-refractivity contribution in [1.82, 2.24) is 30.3 Å². The van der Waals surface area contributed by atoms with Gasteiger partial charge in [0, 0.05) is 75.8 Å². The van der Waals surface area contributed by atoms with Crippen LogP contribution in [0.25, 0.3) is 0 Å². The van der Waals surface area contributed by atoms with Gasteiger partial charge in [0.05, 0.1) is 50.7 Å². The topological polar surface area (TPSA) is 239 Å². The van der Waals surface area contributed by atoms with Crippen LogP contribution in [0.2, 0.25) is 0 Å². The number of aromatic nitrogens is 5. The van der Waals surface area contributed by atoms with Gasteiger partial charge in [0.15, 0.2) is 13.1 Å². The van der Waals surface area contributed by atoms with E-state index >= 15 is 0 Å². The number of carbonyl (C=O) groups is 5. The number of unbranched alkanes of at least 4 members (excludes halogenated alkanes) is 9. The zero-order valence-corrected chi connectivity index (χ0v) is 48.3. The van der Waals surface area contributed by atoms with Crippen molar-refractivity contribution in [3.05, 3.63) is 83.4 Å². The number of quaternary nitrogens is 1. The number of piperidine rings is 1. The third-order valence-electron chi connectivity index (χ3n) is 15.8. The molecule has 0 unspecified atom stereocenters. The highest BCUT2D eigenvalue weighted by Gasteiger charge is 2.35. The number of benzene rings is 1. The normalized spacial score (nSPS) is 14.4. The van der Waals surface area contributed by atoms with Crippen molar-refractivity contribution in [2.75, 3.05) is 76.4 Å². The molecular formula is C61H90N9O10+. The summed E-state index contributed by atoms with van der Waals surface area (Å²) in [6.45, 7) is 9.97. The average molecular weight is 1110 g/mol. The Morgan fingerprint density at radius 1 is 0.838 bits per heavy atom. The first kappa shape index (κ1) is 62.6. The Morgan fingerprint density at radius 3 is 2.23 bits per heavy atom. The van der Waals surface area contributed by atoms with Crippen molar-refractivity contribution >= 4 is 41.2 Å². The number of pyridine rings is 2. The molecule has 4 N–H and O–H groups in total. The number of anilines is 2. The molecular weight excluding hydrogens is 1020 g/mol. The summed E-state index contributed by atoms with van der Waals surface area (Å²) < 4.78 is 13.8. The second-order valence-electron chi connectivity index (χ2n) is 23.5. The average Bonchev–Trinajstić information content (AvgIpc) is 4.23. The summed E-state index contributed by atoms with van der Waals surface area (Å²) in [5.74, 6) is -0.450. The lowest BCUT2D eigenvalue weighted by Crippen LogP contribution is -2.52. The van der Waals surface area contributed by atoms with Crippen molar-refractivity contribution in [2.24, 2.45) is 17.3 Å². The fourth-order valence-electron chi connectivity index (χ4n) is 11.1. The lowest BCUT2D eigenvalue weighted by molar-refractivity contribution is -0.895. The number of nitrogens with one attached hydrogen (secondary N) is 1. The molecule has 80 heavy (non-hydrogen) atoms. The molecule has 1 aliphatic carbocycles. The van der Waals surface area contributed by atoms with E-state index < -0.39 is 17.9 Å². The molecule has 0 bridgehead atoms. The molecule has 0 spiro atoms. The summed E-state index contributed by atoms with van der Waals surface area (Å²) in [5, 5.41) is 39.5. The molecule has 19 heteroatoms. The van der Waals surface area contributed by atoms with Gasteiger partial charge in [-0.25, -0.2) is 19.6 Å². The van der Waals surface area contributed by atoms with E-state index in [4.69, 9.17) is 24.7 Å². The van der Waals surface area contributed by atoms with Gasteiger partial charge in [-0.1, -0.05) is 76.5 Å². The molecule has 2 amide bonds. The number of nitrogens with zero attached hydrogens (tertiary/aromatic N) is 8. The lowest BCUT2D eigenvalue weighted by atomic mass is 9.86. The summed E-state index contributed by atoms with van der Waals surface area (Å²) in [4.78, 5) is 74.7. The number of hydrogen-bond acceptors (Lipinski definition) is 12. The third kappa shape index (κ3) is 21.4. The Hall–Kier alpha value is -6.63. The van der Waals surface area contributed by atoms with E-state index in [1.807, 2.05) is 65.0 Å². The number of likely N-dealkylation sites (N-methyl/N-ethyl adjacent to an activating group) is 1. The van der Waals surface area contributed by atoms with Crippen molar-refractivity contribution in [1.29, 1.82) is 0 Å². The highest BCUT2D eigenvalue weighted by molar-refractivity contribution is 6.09. The number of hydrogen-bond donors (Lipinski definition) is 4. The van der Waals surface area contributed by atoms with Crippen LogP contribution in [0.4, 0.5) is 11.5 Å². The molecule has 2 aliphatic rings. The summed E-state index contributed by atoms with van der Waals surface area (Å²) in [6.07, 6.45) is 22.1. The van der Waals surface area contributed by atoms with E-state index in [1.54, 1.807) is 20.4 Å². The zero-order valence-electron chi connectivity index (χ0n) is 48.3. The van der Waals surface area contributed by atoms with Gasteiger partial charge in [0.1, 0.15) is 11.6 Å². The first-order valence-electron chi connectivity index (χ1n) is 29.3. The molecule has 2 fully saturated rings. The van der Waals surface area contributed by atoms with E-state index in [-0.39, 0.29) is 47.1 Å². The number of carboxylic acids is 3. The van der Waals surface area contributed by atoms with Gasteiger partial charge in [-0.2, -0.15) is 0 Å². The van der Waals surface area contributed by atoms with Crippen LogP contribution in [0.15, 0.2) is 60.9 Å². The molecule has 1 saturated carbocycles. The largest absolute Gasteiger partial charge is 0.497 e. The molecule has 4 aromatic rings. The zero-order chi connectivity index (χ0) is 57.5. The van der Waals surface area contributed by atoms with Crippen LogP contribution in [0, 0.1) is 24.2 Å². The van der Waals surface area contributed by atoms with Gasteiger partial charge in [-0.05, 0) is 124 Å². The number of carboxylic acid groups (broad SMARTS) is 3. The molecule has 19 nitrogen and oxygen atoms in total. The summed E-state index contributed by atoms with van der Waals surface area (Å²) >= 11 is 0. The van der Waals surface area contributed by atoms with Crippen LogP contribution in [0.5, 0.6) is 11.6 Å². The number of aryl methyl sites for hydroxylation is 3. The Bertz CT molecular complexity index is 2600. The quantitative estimate of drug-likeness (QED) is 0.0241. The molecule has 4 heterocycles. The fourth-order valence-corrected chi connectivity index (χ4v) is 11.1. The van der Waals surface area contributed by atoms with Crippen LogP contribution in [-0.2, 0) is 32.1 Å². The van der Waals surface area contributed by atoms with Crippen LogP contribution < -0.4 is 24.6 Å². The molecule has 1 atom stereocenters. The number of amides is 2. The van der Waals surface area contributed by atoms with Crippen molar-refractivity contribution in [2.45, 2.75) is 162 Å². The second kappa shape index (κ2) is 31.4. The second-order valence-corrected chi connectivity index (χ2v) is 23.5. The van der Waals surface area contributed by atoms with Crippen LogP contribution in [-0.4, -0.2) is 141 Å². The maximum Gasteiger partial charge on any atom is 0.359 e. The number of ether oxygens (including phenoxy) is 2. The highest BCUT2D eigenvalue weighted by atomic mass is 16.5. The van der Waals surface area contributed by atoms with E-state index in [0.29, 0.717) is 73.9 Å². The summed E-state index contributed by atoms with van der Waals surface area (Å²) in [5.41, 5.74) is 4.11. The van der Waals surface area contributed by atoms with Gasteiger partial charge >= 0.3 is 17.9 Å². The smallest absolute Gasteiger partial charge is 0.359 e. The van der Waals surface area contributed by atoms with Gasteiger partial charge in [0.2, 0.25) is 11.8 Å². The first-order valence-corrected chi connectivity index (χ1v) is 29.3. The standard InChI is InChI=1S/C61H89N9O10/c1-45-19-17-21-54(64-45)69(60(78)51-26-25-50(79-5)38-53(51)67-34-28-46(29-35-67)43-80-56-37-48(27-32-63-56)52(39-57(72)73)47-23-24-47)44-61(2,3)30-15-11-12-16-33-68-40-49(65-66-68)20-13-9-7-6-8-10-14-22-55(71)62-31-18-36-70(4,41-58(74)75)42-59(76)77/h17,19,21,25-27,32,37-38,40,46-47,52H,6-16,18,20,22-24,28-31,33-36,39,41-44H2,1-5H3,(H3-,62,71,72,73,74,75,76,77)/p+1/t52-/m0/s1. The fraction of sp³-hybridized carbons (Fsp3) is 0.623. The predicted molar refractivity (Wildman–Crippen MR) is 307 cm³/mol. The Labute approximate surface area is 473 Å². The van der Waals surface area contributed by atoms with Crippen molar-refractivity contribution in [3.63, 3.8) is 0 Å². The molecule has 6 rings (SSSR count). The molecule has 0 radical (unpaired) electrons. The Balaban J connectivity index is 0.880. The number of rotatable bonds is 38. The Morgan fingerprint density at radius 2 is 1.54 bits per heavy atom. The first-order chi connectivity index (χ1) is 38.4. The minimum absolute atomic E-state index is 0.0177. The highest BCUT2D eigenvalue weighted by Crippen LogP contribution is 2.45. The number of aliphatic carboxylic acids is 3. The monoisotopic (exact) mass is 1110 g/mol. The number of methoxy groups -OCH3 is 1. The molecule has 1 aliphatic heterocycles. The van der Waals surface area contributed by atoms with E-state index in [1.165, 1.54) is 0 Å². The third-order valence-corrected chi connectivity index (χ3v) is 15.8. The van der Waals surface area contributed by atoms with Gasteiger partial charge in [-0.15, -0.1) is 5.10 Å². The van der Waals surface area contributed by atoms with Gasteiger partial charge in [0.25, 0.3) is 5.91 Å². The maximum atomic E-state index is 15.0. The maximum absolute atomic E-state index is 15.0. The molecule has 1 saturated heterocycles. The minimum atomic E-state index is -1.04. The van der Waals surface area contributed by atoms with E-state index in [2.05, 4.69) is 45.6 Å². The van der Waals surface area contributed by atoms with Gasteiger partial charge < -0.3 is 39.5 Å². The Kier molecular flexibility index (Phi) is 24.5. The molecule has 438 valence electrons. The summed E-state index contributed by atoms with van der Waals surface area (Å²) in [7, 11) is 3.26. The van der Waals surface area contributed by atoms with Gasteiger partial charge in [-0.3, -0.25) is 24.0 Å². The lowest BCUT2D eigenvalue weighted by Gasteiger charge is -2.36. The van der Waals surface area contributed by atoms with Crippen LogP contribution >= 0.6 is 0 Å². The van der Waals surface area contributed by atoms with E-state index in [9.17, 15) is 29.1 Å². The molecule has 1 aromatic carbocycles. The van der Waals surface area contributed by atoms with E-state index in [0.717, 1.165) is 151 Å². The SMILES string of the molecule is COc1ccc(C(=O)N(CC(C)(C)CCCCCCn2cc(CCCCCCCCCC(=O)NCCC[N+](C)(CC(=O)O)CC(=O)O)nn2)c2cccc(C)n2)c(N2CCC(COc3cc([C@@H](CC(=O)O)C4CC4)ccn3)CC2)c1. The number of carbonyl (C=O) groups excluding carboxylic acids is 2. The van der Waals surface area contributed by atoms with Crippen molar-refractivity contribution < 1.29 is 53.2 Å². The van der Waals surface area contributed by atoms with Crippen LogP contribution in [0.3, 0.4) is 0 Å².